The van der Waals surface area contributed by atoms with E-state index in [9.17, 15) is 4.79 Å². The van der Waals surface area contributed by atoms with Crippen LogP contribution in [0.15, 0.2) is 16.8 Å². The van der Waals surface area contributed by atoms with E-state index in [0.29, 0.717) is 12.1 Å². The van der Waals surface area contributed by atoms with Gasteiger partial charge in [0.05, 0.1) is 5.56 Å². The summed E-state index contributed by atoms with van der Waals surface area (Å²) in [7, 11) is 0. The SMILES string of the molecule is O=C(c1ccsc1)N(CC1CCCCN1)C1CC1. The Labute approximate surface area is 112 Å². The highest BCUT2D eigenvalue weighted by Gasteiger charge is 2.34. The Balaban J connectivity index is 1.66. The summed E-state index contributed by atoms with van der Waals surface area (Å²) in [5.74, 6) is 0.228. The second kappa shape index (κ2) is 5.41. The minimum Gasteiger partial charge on any atom is -0.334 e. The number of hydrogen-bond donors (Lipinski definition) is 1. The third-order valence-electron chi connectivity index (χ3n) is 3.85. The van der Waals surface area contributed by atoms with Gasteiger partial charge in [0.15, 0.2) is 0 Å². The highest BCUT2D eigenvalue weighted by molar-refractivity contribution is 7.08. The molecule has 3 rings (SSSR count). The molecule has 3 nitrogen and oxygen atoms in total. The molecule has 1 saturated carbocycles. The average Bonchev–Trinajstić information content (AvgIpc) is 3.10. The first kappa shape index (κ1) is 12.2. The van der Waals surface area contributed by atoms with Gasteiger partial charge < -0.3 is 10.2 Å². The predicted molar refractivity (Wildman–Crippen MR) is 74.0 cm³/mol. The summed E-state index contributed by atoms with van der Waals surface area (Å²) >= 11 is 1.60. The van der Waals surface area contributed by atoms with Gasteiger partial charge in [-0.1, -0.05) is 6.42 Å². The zero-order valence-corrected chi connectivity index (χ0v) is 11.4. The molecule has 1 aromatic rings. The summed E-state index contributed by atoms with van der Waals surface area (Å²) < 4.78 is 0. The van der Waals surface area contributed by atoms with Crippen molar-refractivity contribution in [2.24, 2.45) is 0 Å². The number of rotatable bonds is 4. The molecule has 1 atom stereocenters. The zero-order valence-electron chi connectivity index (χ0n) is 10.6. The maximum atomic E-state index is 12.5. The minimum absolute atomic E-state index is 0.228. The molecule has 2 fully saturated rings. The number of carbonyl (C=O) groups excluding carboxylic acids is 1. The van der Waals surface area contributed by atoms with E-state index >= 15 is 0 Å². The van der Waals surface area contributed by atoms with Gasteiger partial charge in [-0.15, -0.1) is 0 Å². The Hall–Kier alpha value is -0.870. The van der Waals surface area contributed by atoms with Crippen molar-refractivity contribution < 1.29 is 4.79 Å². The first-order valence-corrected chi connectivity index (χ1v) is 7.85. The van der Waals surface area contributed by atoms with Gasteiger partial charge in [0.1, 0.15) is 0 Å². The van der Waals surface area contributed by atoms with Gasteiger partial charge in [-0.3, -0.25) is 4.79 Å². The highest BCUT2D eigenvalue weighted by Crippen LogP contribution is 2.29. The topological polar surface area (TPSA) is 32.3 Å². The largest absolute Gasteiger partial charge is 0.334 e. The van der Waals surface area contributed by atoms with Crippen LogP contribution in [0.25, 0.3) is 0 Å². The summed E-state index contributed by atoms with van der Waals surface area (Å²) in [6.45, 7) is 2.00. The Morgan fingerprint density at radius 1 is 1.39 bits per heavy atom. The lowest BCUT2D eigenvalue weighted by Gasteiger charge is -2.30. The molecule has 98 valence electrons. The maximum absolute atomic E-state index is 12.5. The van der Waals surface area contributed by atoms with Crippen LogP contribution in [0.5, 0.6) is 0 Å². The monoisotopic (exact) mass is 264 g/mol. The van der Waals surface area contributed by atoms with E-state index in [0.717, 1.165) is 18.7 Å². The van der Waals surface area contributed by atoms with E-state index < -0.39 is 0 Å². The van der Waals surface area contributed by atoms with Crippen molar-refractivity contribution in [3.63, 3.8) is 0 Å². The van der Waals surface area contributed by atoms with Gasteiger partial charge in [0, 0.05) is 24.0 Å². The molecule has 4 heteroatoms. The van der Waals surface area contributed by atoms with Crippen molar-refractivity contribution in [3.05, 3.63) is 22.4 Å². The molecule has 0 spiro atoms. The molecule has 1 N–H and O–H groups in total. The lowest BCUT2D eigenvalue weighted by atomic mass is 10.0. The molecule has 1 aromatic heterocycles. The molecule has 2 heterocycles. The molecular weight excluding hydrogens is 244 g/mol. The molecule has 1 aliphatic carbocycles. The van der Waals surface area contributed by atoms with Crippen LogP contribution < -0.4 is 5.32 Å². The number of piperidine rings is 1. The average molecular weight is 264 g/mol. The van der Waals surface area contributed by atoms with Gasteiger partial charge >= 0.3 is 0 Å². The predicted octanol–water partition coefficient (Wildman–Crippen LogP) is 2.49. The van der Waals surface area contributed by atoms with E-state index in [1.807, 2.05) is 16.8 Å². The molecule has 1 saturated heterocycles. The Bertz CT molecular complexity index is 394. The van der Waals surface area contributed by atoms with Gasteiger partial charge in [-0.2, -0.15) is 11.3 Å². The van der Waals surface area contributed by atoms with Crippen LogP contribution in [0.3, 0.4) is 0 Å². The number of thiophene rings is 1. The molecule has 1 amide bonds. The minimum atomic E-state index is 0.228. The lowest BCUT2D eigenvalue weighted by molar-refractivity contribution is 0.0718. The van der Waals surface area contributed by atoms with Crippen LogP contribution >= 0.6 is 11.3 Å². The van der Waals surface area contributed by atoms with Crippen molar-refractivity contribution in [2.45, 2.75) is 44.2 Å². The van der Waals surface area contributed by atoms with Gasteiger partial charge in [-0.05, 0) is 43.7 Å². The first-order valence-electron chi connectivity index (χ1n) is 6.91. The normalized spacial score (nSPS) is 23.9. The fraction of sp³-hybridized carbons (Fsp3) is 0.643. The van der Waals surface area contributed by atoms with E-state index in [2.05, 4.69) is 10.2 Å². The molecule has 1 unspecified atom stereocenters. The Kier molecular flexibility index (Phi) is 3.66. The molecule has 2 aliphatic rings. The number of hydrogen-bond acceptors (Lipinski definition) is 3. The Morgan fingerprint density at radius 3 is 2.89 bits per heavy atom. The quantitative estimate of drug-likeness (QED) is 0.906. The number of amides is 1. The molecular formula is C14H20N2OS. The second-order valence-electron chi connectivity index (χ2n) is 5.35. The standard InChI is InChI=1S/C14H20N2OS/c17-14(11-6-8-18-10-11)16(13-4-5-13)9-12-3-1-2-7-15-12/h6,8,10,12-13,15H,1-5,7,9H2. The van der Waals surface area contributed by atoms with Crippen LogP contribution in [0, 0.1) is 0 Å². The fourth-order valence-corrected chi connectivity index (χ4v) is 3.28. The molecule has 0 aromatic carbocycles. The summed E-state index contributed by atoms with van der Waals surface area (Å²) in [5, 5.41) is 7.49. The van der Waals surface area contributed by atoms with Crippen LogP contribution in [0.4, 0.5) is 0 Å². The van der Waals surface area contributed by atoms with Crippen molar-refractivity contribution in [1.29, 1.82) is 0 Å². The van der Waals surface area contributed by atoms with E-state index in [1.54, 1.807) is 11.3 Å². The van der Waals surface area contributed by atoms with Gasteiger partial charge in [-0.25, -0.2) is 0 Å². The summed E-state index contributed by atoms with van der Waals surface area (Å²) in [6.07, 6.45) is 6.15. The van der Waals surface area contributed by atoms with Crippen LogP contribution in [0.2, 0.25) is 0 Å². The molecule has 0 radical (unpaired) electrons. The third-order valence-corrected chi connectivity index (χ3v) is 4.53. The Morgan fingerprint density at radius 2 is 2.28 bits per heavy atom. The molecule has 18 heavy (non-hydrogen) atoms. The zero-order chi connectivity index (χ0) is 12.4. The van der Waals surface area contributed by atoms with E-state index in [-0.39, 0.29) is 5.91 Å². The van der Waals surface area contributed by atoms with Crippen molar-refractivity contribution >= 4 is 17.2 Å². The van der Waals surface area contributed by atoms with E-state index in [1.165, 1.54) is 32.1 Å². The van der Waals surface area contributed by atoms with E-state index in [4.69, 9.17) is 0 Å². The van der Waals surface area contributed by atoms with Gasteiger partial charge in [0.25, 0.3) is 5.91 Å². The summed E-state index contributed by atoms with van der Waals surface area (Å²) in [6, 6.07) is 2.94. The third kappa shape index (κ3) is 2.75. The molecule has 0 bridgehead atoms. The number of carbonyl (C=O) groups is 1. The first-order chi connectivity index (χ1) is 8.84. The summed E-state index contributed by atoms with van der Waals surface area (Å²) in [4.78, 5) is 14.6. The smallest absolute Gasteiger partial charge is 0.255 e. The highest BCUT2D eigenvalue weighted by atomic mass is 32.1. The summed E-state index contributed by atoms with van der Waals surface area (Å²) in [5.41, 5.74) is 0.864. The van der Waals surface area contributed by atoms with Crippen molar-refractivity contribution in [2.75, 3.05) is 13.1 Å². The van der Waals surface area contributed by atoms with Crippen LogP contribution in [0.1, 0.15) is 42.5 Å². The van der Waals surface area contributed by atoms with Gasteiger partial charge in [0.2, 0.25) is 0 Å². The van der Waals surface area contributed by atoms with Crippen molar-refractivity contribution in [3.8, 4) is 0 Å². The number of nitrogens with one attached hydrogen (secondary N) is 1. The maximum Gasteiger partial charge on any atom is 0.255 e. The fourth-order valence-electron chi connectivity index (χ4n) is 2.65. The van der Waals surface area contributed by atoms with Crippen LogP contribution in [-0.4, -0.2) is 36.0 Å². The van der Waals surface area contributed by atoms with Crippen molar-refractivity contribution in [1.82, 2.24) is 10.2 Å². The second-order valence-corrected chi connectivity index (χ2v) is 6.13. The lowest BCUT2D eigenvalue weighted by Crippen LogP contribution is -2.46. The number of nitrogens with zero attached hydrogens (tertiary/aromatic N) is 1. The molecule has 1 aliphatic heterocycles. The van der Waals surface area contributed by atoms with Crippen LogP contribution in [-0.2, 0) is 0 Å².